The number of rotatable bonds is 5. The SMILES string of the molecule is CCOC(=O)C1=C(C)N=c2s/c(=C3\C(=O)N(OC(C)=O)c4ccccc43)c(=O)n2[C@H]1/C=C/c1ccccc1. The van der Waals surface area contributed by atoms with Gasteiger partial charge >= 0.3 is 11.9 Å². The number of thiazole rings is 1. The minimum Gasteiger partial charge on any atom is -0.463 e. The fourth-order valence-electron chi connectivity index (χ4n) is 4.46. The van der Waals surface area contributed by atoms with Crippen molar-refractivity contribution in [2.45, 2.75) is 26.8 Å². The Labute approximate surface area is 221 Å². The van der Waals surface area contributed by atoms with Crippen LogP contribution in [0.25, 0.3) is 11.6 Å². The van der Waals surface area contributed by atoms with E-state index < -0.39 is 29.4 Å². The summed E-state index contributed by atoms with van der Waals surface area (Å²) in [6, 6.07) is 15.4. The predicted molar refractivity (Wildman–Crippen MR) is 141 cm³/mol. The minimum atomic E-state index is -0.809. The Morgan fingerprint density at radius 3 is 2.50 bits per heavy atom. The monoisotopic (exact) mass is 529 g/mol. The lowest BCUT2D eigenvalue weighted by atomic mass is 10.0. The largest absolute Gasteiger partial charge is 0.463 e. The zero-order chi connectivity index (χ0) is 27.0. The Bertz CT molecular complexity index is 1710. The number of carbonyl (C=O) groups excluding carboxylic acids is 3. The van der Waals surface area contributed by atoms with Crippen molar-refractivity contribution in [2.24, 2.45) is 4.99 Å². The number of nitrogens with zero attached hydrogens (tertiary/aromatic N) is 3. The van der Waals surface area contributed by atoms with Crippen LogP contribution in [-0.4, -0.2) is 29.0 Å². The van der Waals surface area contributed by atoms with E-state index in [9.17, 15) is 19.2 Å². The molecule has 3 aromatic rings. The first-order valence-corrected chi connectivity index (χ1v) is 12.7. The third-order valence-electron chi connectivity index (χ3n) is 6.04. The number of hydrogen-bond acceptors (Lipinski definition) is 8. The number of aromatic nitrogens is 1. The van der Waals surface area contributed by atoms with Gasteiger partial charge in [-0.25, -0.2) is 14.6 Å². The van der Waals surface area contributed by atoms with Gasteiger partial charge in [0.25, 0.3) is 11.5 Å². The molecule has 1 atom stereocenters. The van der Waals surface area contributed by atoms with Gasteiger partial charge in [-0.15, -0.1) is 5.06 Å². The van der Waals surface area contributed by atoms with E-state index in [2.05, 4.69) is 4.99 Å². The van der Waals surface area contributed by atoms with Gasteiger partial charge in [0.2, 0.25) is 0 Å². The molecule has 0 fully saturated rings. The number of ether oxygens (including phenoxy) is 1. The molecule has 0 unspecified atom stereocenters. The van der Waals surface area contributed by atoms with Crippen LogP contribution in [0, 0.1) is 0 Å². The number of allylic oxidation sites excluding steroid dienone is 2. The summed E-state index contributed by atoms with van der Waals surface area (Å²) in [4.78, 5) is 62.1. The van der Waals surface area contributed by atoms with E-state index >= 15 is 0 Å². The normalized spacial score (nSPS) is 17.8. The highest BCUT2D eigenvalue weighted by molar-refractivity contribution is 7.07. The number of para-hydroxylation sites is 1. The van der Waals surface area contributed by atoms with Crippen LogP contribution in [-0.2, 0) is 24.0 Å². The van der Waals surface area contributed by atoms with E-state index in [1.807, 2.05) is 36.4 Å². The van der Waals surface area contributed by atoms with Gasteiger partial charge in [-0.3, -0.25) is 14.2 Å². The second-order valence-corrected chi connectivity index (χ2v) is 9.49. The minimum absolute atomic E-state index is 0.107. The molecule has 2 aliphatic rings. The van der Waals surface area contributed by atoms with Crippen LogP contribution in [0.15, 0.2) is 81.7 Å². The lowest BCUT2D eigenvalue weighted by Gasteiger charge is -2.21. The van der Waals surface area contributed by atoms with Gasteiger partial charge in [-0.05, 0) is 25.5 Å². The van der Waals surface area contributed by atoms with Crippen molar-refractivity contribution < 1.29 is 24.0 Å². The van der Waals surface area contributed by atoms with E-state index in [-0.39, 0.29) is 22.3 Å². The highest BCUT2D eigenvalue weighted by Crippen LogP contribution is 2.35. The summed E-state index contributed by atoms with van der Waals surface area (Å²) < 4.78 is 6.82. The Balaban J connectivity index is 1.74. The summed E-state index contributed by atoms with van der Waals surface area (Å²) in [5.41, 5.74) is 1.97. The Morgan fingerprint density at radius 2 is 1.79 bits per heavy atom. The second kappa shape index (κ2) is 10.1. The van der Waals surface area contributed by atoms with E-state index in [0.29, 0.717) is 21.7 Å². The summed E-state index contributed by atoms with van der Waals surface area (Å²) in [7, 11) is 0. The second-order valence-electron chi connectivity index (χ2n) is 8.51. The van der Waals surface area contributed by atoms with Crippen molar-refractivity contribution in [1.82, 2.24) is 4.57 Å². The topological polar surface area (TPSA) is 107 Å². The highest BCUT2D eigenvalue weighted by Gasteiger charge is 2.38. The first-order valence-electron chi connectivity index (χ1n) is 11.9. The fourth-order valence-corrected chi connectivity index (χ4v) is 5.61. The maximum absolute atomic E-state index is 13.9. The lowest BCUT2D eigenvalue weighted by Crippen LogP contribution is -2.40. The van der Waals surface area contributed by atoms with Crippen molar-refractivity contribution in [2.75, 3.05) is 11.7 Å². The zero-order valence-electron chi connectivity index (χ0n) is 20.8. The number of anilines is 1. The zero-order valence-corrected chi connectivity index (χ0v) is 21.7. The Hall–Kier alpha value is -4.57. The Kier molecular flexibility index (Phi) is 6.64. The molecule has 38 heavy (non-hydrogen) atoms. The van der Waals surface area contributed by atoms with Gasteiger partial charge in [-0.1, -0.05) is 72.0 Å². The van der Waals surface area contributed by atoms with E-state index in [4.69, 9.17) is 9.57 Å². The van der Waals surface area contributed by atoms with Crippen molar-refractivity contribution in [1.29, 1.82) is 0 Å². The molecule has 0 radical (unpaired) electrons. The molecule has 192 valence electrons. The van der Waals surface area contributed by atoms with Crippen LogP contribution >= 0.6 is 11.3 Å². The highest BCUT2D eigenvalue weighted by atomic mass is 32.1. The lowest BCUT2D eigenvalue weighted by molar-refractivity contribution is -0.146. The summed E-state index contributed by atoms with van der Waals surface area (Å²) in [5.74, 6) is -1.88. The van der Waals surface area contributed by atoms with Gasteiger partial charge in [0, 0.05) is 12.5 Å². The van der Waals surface area contributed by atoms with Crippen LogP contribution in [0.2, 0.25) is 0 Å². The molecule has 10 heteroatoms. The summed E-state index contributed by atoms with van der Waals surface area (Å²) in [5, 5.41) is 0.896. The van der Waals surface area contributed by atoms with Crippen LogP contribution in [0.4, 0.5) is 5.69 Å². The molecule has 3 heterocycles. The summed E-state index contributed by atoms with van der Waals surface area (Å²) >= 11 is 1.04. The van der Waals surface area contributed by atoms with Gasteiger partial charge in [0.05, 0.1) is 35.2 Å². The molecule has 9 nitrogen and oxygen atoms in total. The molecule has 1 amide bonds. The van der Waals surface area contributed by atoms with Crippen LogP contribution < -0.4 is 20.0 Å². The van der Waals surface area contributed by atoms with E-state index in [0.717, 1.165) is 22.0 Å². The molecular formula is C28H23N3O6S. The number of fused-ring (bicyclic) bond motifs is 2. The number of hydroxylamine groups is 1. The molecule has 0 aliphatic carbocycles. The average molecular weight is 530 g/mol. The first-order chi connectivity index (χ1) is 18.3. The third kappa shape index (κ3) is 4.28. The maximum Gasteiger partial charge on any atom is 0.338 e. The van der Waals surface area contributed by atoms with Gasteiger partial charge < -0.3 is 9.57 Å². The van der Waals surface area contributed by atoms with E-state index in [1.165, 1.54) is 11.5 Å². The average Bonchev–Trinajstić information content (AvgIpc) is 3.35. The standard InChI is InChI=1S/C28H23N3O6S/c1-4-36-27(35)22-16(2)29-28-30(21(22)15-14-18-10-6-5-7-11-18)26(34)24(38-28)23-19-12-8-9-13-20(19)31(25(23)33)37-17(3)32/h5-15,21H,4H2,1-3H3/b15-14+,24-23-/t21-/m0/s1. The predicted octanol–water partition coefficient (Wildman–Crippen LogP) is 2.66. The van der Waals surface area contributed by atoms with E-state index in [1.54, 1.807) is 44.2 Å². The molecule has 0 saturated heterocycles. The third-order valence-corrected chi connectivity index (χ3v) is 7.10. The molecule has 2 aliphatic heterocycles. The number of hydrogen-bond donors (Lipinski definition) is 0. The summed E-state index contributed by atoms with van der Waals surface area (Å²) in [6.07, 6.45) is 3.57. The van der Waals surface area contributed by atoms with Crippen LogP contribution in [0.5, 0.6) is 0 Å². The number of benzene rings is 2. The number of carbonyl (C=O) groups is 3. The molecule has 1 aromatic heterocycles. The first kappa shape index (κ1) is 25.1. The van der Waals surface area contributed by atoms with Gasteiger partial charge in [0.1, 0.15) is 4.53 Å². The van der Waals surface area contributed by atoms with Crippen molar-refractivity contribution in [3.8, 4) is 0 Å². The van der Waals surface area contributed by atoms with Gasteiger partial charge in [-0.2, -0.15) is 0 Å². The molecule has 0 saturated carbocycles. The molecule has 5 rings (SSSR count). The quantitative estimate of drug-likeness (QED) is 0.471. The molecular weight excluding hydrogens is 506 g/mol. The summed E-state index contributed by atoms with van der Waals surface area (Å²) in [6.45, 7) is 4.75. The van der Waals surface area contributed by atoms with Crippen molar-refractivity contribution in [3.63, 3.8) is 0 Å². The van der Waals surface area contributed by atoms with Crippen LogP contribution in [0.3, 0.4) is 0 Å². The fraction of sp³-hybridized carbons (Fsp3) is 0.179. The van der Waals surface area contributed by atoms with Crippen LogP contribution in [0.1, 0.15) is 37.9 Å². The molecule has 0 spiro atoms. The van der Waals surface area contributed by atoms with Crippen molar-refractivity contribution >= 4 is 46.5 Å². The number of esters is 1. The maximum atomic E-state index is 13.9. The molecule has 0 N–H and O–H groups in total. The Morgan fingerprint density at radius 1 is 1.08 bits per heavy atom. The van der Waals surface area contributed by atoms with Crippen molar-refractivity contribution in [3.05, 3.63) is 103 Å². The smallest absolute Gasteiger partial charge is 0.338 e. The molecule has 0 bridgehead atoms. The number of amides is 1. The van der Waals surface area contributed by atoms with Gasteiger partial charge in [0.15, 0.2) is 4.80 Å². The molecule has 2 aromatic carbocycles.